The summed E-state index contributed by atoms with van der Waals surface area (Å²) in [7, 11) is 0. The minimum Gasteiger partial charge on any atom is -0.491 e. The molecule has 0 amide bonds. The molecule has 1 N–H and O–H groups in total. The van der Waals surface area contributed by atoms with Crippen LogP contribution < -0.4 is 4.74 Å². The predicted molar refractivity (Wildman–Crippen MR) is 54.3 cm³/mol. The van der Waals surface area contributed by atoms with Crippen LogP contribution in [0.4, 0.5) is 8.78 Å². The zero-order valence-corrected chi connectivity index (χ0v) is 9.00. The van der Waals surface area contributed by atoms with E-state index in [1.54, 1.807) is 0 Å². The number of hydrogen-bond donors (Lipinski definition) is 1. The number of halogens is 2. The van der Waals surface area contributed by atoms with Gasteiger partial charge in [0.15, 0.2) is 11.6 Å². The average Bonchev–Trinajstić information content (AvgIpc) is 2.29. The van der Waals surface area contributed by atoms with E-state index in [9.17, 15) is 8.78 Å². The van der Waals surface area contributed by atoms with Gasteiger partial charge in [0.25, 0.3) is 0 Å². The smallest absolute Gasteiger partial charge is 0.168 e. The van der Waals surface area contributed by atoms with Crippen LogP contribution in [0.1, 0.15) is 12.5 Å². The Morgan fingerprint density at radius 3 is 2.62 bits per heavy atom. The summed E-state index contributed by atoms with van der Waals surface area (Å²) in [4.78, 5) is 0. The molecule has 0 radical (unpaired) electrons. The Labute approximate surface area is 92.6 Å². The van der Waals surface area contributed by atoms with Gasteiger partial charge in [-0.15, -0.1) is 0 Å². The number of ether oxygens (including phenoxy) is 2. The molecule has 0 aliphatic carbocycles. The van der Waals surface area contributed by atoms with Gasteiger partial charge in [-0.2, -0.15) is 0 Å². The molecule has 90 valence electrons. The molecule has 0 saturated heterocycles. The molecule has 0 bridgehead atoms. The van der Waals surface area contributed by atoms with Crippen LogP contribution in [0.25, 0.3) is 0 Å². The Bertz CT molecular complexity index is 342. The maximum Gasteiger partial charge on any atom is 0.168 e. The topological polar surface area (TPSA) is 38.7 Å². The molecule has 5 heteroatoms. The van der Waals surface area contributed by atoms with Crippen molar-refractivity contribution in [2.24, 2.45) is 0 Å². The molecule has 0 aliphatic heterocycles. The lowest BCUT2D eigenvalue weighted by atomic mass is 10.2. The standard InChI is InChI=1S/C11H14F2O3/c1-2-15-5-6-16-10-4-3-9(12)11(13)8(10)7-14/h3-4,14H,2,5-7H2,1H3. The minimum absolute atomic E-state index is 0.140. The number of rotatable bonds is 6. The van der Waals surface area contributed by atoms with Gasteiger partial charge in [0.05, 0.1) is 18.8 Å². The van der Waals surface area contributed by atoms with Gasteiger partial charge in [0.2, 0.25) is 0 Å². The summed E-state index contributed by atoms with van der Waals surface area (Å²) in [5, 5.41) is 8.91. The van der Waals surface area contributed by atoms with E-state index >= 15 is 0 Å². The maximum absolute atomic E-state index is 13.2. The first-order chi connectivity index (χ1) is 7.70. The van der Waals surface area contributed by atoms with Crippen molar-refractivity contribution < 1.29 is 23.4 Å². The van der Waals surface area contributed by atoms with Crippen LogP contribution in [0.5, 0.6) is 5.75 Å². The van der Waals surface area contributed by atoms with Gasteiger partial charge < -0.3 is 14.6 Å². The maximum atomic E-state index is 13.2. The Balaban J connectivity index is 2.68. The Morgan fingerprint density at radius 2 is 2.00 bits per heavy atom. The molecule has 0 aliphatic rings. The van der Waals surface area contributed by atoms with Crippen molar-refractivity contribution in [3.05, 3.63) is 29.3 Å². The zero-order valence-electron chi connectivity index (χ0n) is 9.00. The fourth-order valence-corrected chi connectivity index (χ4v) is 1.21. The van der Waals surface area contributed by atoms with Crippen molar-refractivity contribution in [3.63, 3.8) is 0 Å². The molecule has 0 heterocycles. The van der Waals surface area contributed by atoms with Gasteiger partial charge in [-0.3, -0.25) is 0 Å². The van der Waals surface area contributed by atoms with Gasteiger partial charge in [-0.1, -0.05) is 0 Å². The van der Waals surface area contributed by atoms with Gasteiger partial charge in [-0.25, -0.2) is 8.78 Å². The summed E-state index contributed by atoms with van der Waals surface area (Å²) in [5.41, 5.74) is -0.170. The second kappa shape index (κ2) is 6.40. The Morgan fingerprint density at radius 1 is 1.25 bits per heavy atom. The summed E-state index contributed by atoms with van der Waals surface area (Å²) in [6.07, 6.45) is 0. The lowest BCUT2D eigenvalue weighted by molar-refractivity contribution is 0.108. The number of benzene rings is 1. The molecule has 0 spiro atoms. The van der Waals surface area contributed by atoms with Crippen LogP contribution in [0.15, 0.2) is 12.1 Å². The second-order valence-electron chi connectivity index (χ2n) is 3.04. The van der Waals surface area contributed by atoms with E-state index < -0.39 is 18.2 Å². The van der Waals surface area contributed by atoms with Crippen LogP contribution in [0.2, 0.25) is 0 Å². The predicted octanol–water partition coefficient (Wildman–Crippen LogP) is 1.87. The first-order valence-electron chi connectivity index (χ1n) is 4.99. The highest BCUT2D eigenvalue weighted by molar-refractivity contribution is 5.34. The molecule has 0 unspecified atom stereocenters. The molecular weight excluding hydrogens is 218 g/mol. The fraction of sp³-hybridized carbons (Fsp3) is 0.455. The van der Waals surface area contributed by atoms with E-state index in [0.717, 1.165) is 6.07 Å². The quantitative estimate of drug-likeness (QED) is 0.761. The second-order valence-corrected chi connectivity index (χ2v) is 3.04. The summed E-state index contributed by atoms with van der Waals surface area (Å²) in [6.45, 7) is 2.39. The van der Waals surface area contributed by atoms with Crippen molar-refractivity contribution in [1.29, 1.82) is 0 Å². The molecule has 0 saturated carbocycles. The highest BCUT2D eigenvalue weighted by atomic mass is 19.2. The van der Waals surface area contributed by atoms with Crippen LogP contribution in [0, 0.1) is 11.6 Å². The lowest BCUT2D eigenvalue weighted by Gasteiger charge is -2.11. The van der Waals surface area contributed by atoms with E-state index in [1.807, 2.05) is 6.92 Å². The van der Waals surface area contributed by atoms with E-state index in [0.29, 0.717) is 13.2 Å². The third-order valence-corrected chi connectivity index (χ3v) is 2.00. The van der Waals surface area contributed by atoms with Crippen molar-refractivity contribution in [2.75, 3.05) is 19.8 Å². The first kappa shape index (κ1) is 12.9. The molecule has 3 nitrogen and oxygen atoms in total. The largest absolute Gasteiger partial charge is 0.491 e. The number of hydrogen-bond acceptors (Lipinski definition) is 3. The monoisotopic (exact) mass is 232 g/mol. The molecule has 1 rings (SSSR count). The van der Waals surface area contributed by atoms with E-state index in [-0.39, 0.29) is 17.9 Å². The molecule has 1 aromatic rings. The summed E-state index contributed by atoms with van der Waals surface area (Å²) >= 11 is 0. The van der Waals surface area contributed by atoms with E-state index in [2.05, 4.69) is 0 Å². The van der Waals surface area contributed by atoms with Crippen molar-refractivity contribution in [1.82, 2.24) is 0 Å². The molecule has 1 aromatic carbocycles. The van der Waals surface area contributed by atoms with E-state index in [1.165, 1.54) is 6.07 Å². The highest BCUT2D eigenvalue weighted by Gasteiger charge is 2.13. The highest BCUT2D eigenvalue weighted by Crippen LogP contribution is 2.23. The van der Waals surface area contributed by atoms with Crippen molar-refractivity contribution >= 4 is 0 Å². The van der Waals surface area contributed by atoms with Gasteiger partial charge in [0, 0.05) is 6.61 Å². The Kier molecular flexibility index (Phi) is 5.14. The summed E-state index contributed by atoms with van der Waals surface area (Å²) < 4.78 is 36.2. The summed E-state index contributed by atoms with van der Waals surface area (Å²) in [6, 6.07) is 2.25. The van der Waals surface area contributed by atoms with Gasteiger partial charge in [-0.05, 0) is 19.1 Å². The average molecular weight is 232 g/mol. The first-order valence-corrected chi connectivity index (χ1v) is 4.99. The van der Waals surface area contributed by atoms with Crippen molar-refractivity contribution in [3.8, 4) is 5.75 Å². The SMILES string of the molecule is CCOCCOc1ccc(F)c(F)c1CO. The summed E-state index contributed by atoms with van der Waals surface area (Å²) in [5.74, 6) is -1.93. The third kappa shape index (κ3) is 3.15. The minimum atomic E-state index is -1.07. The van der Waals surface area contributed by atoms with Crippen LogP contribution in [-0.4, -0.2) is 24.9 Å². The lowest BCUT2D eigenvalue weighted by Crippen LogP contribution is -2.09. The Hall–Kier alpha value is -1.20. The van der Waals surface area contributed by atoms with E-state index in [4.69, 9.17) is 14.6 Å². The van der Waals surface area contributed by atoms with Crippen LogP contribution >= 0.6 is 0 Å². The molecule has 0 atom stereocenters. The molecule has 16 heavy (non-hydrogen) atoms. The third-order valence-electron chi connectivity index (χ3n) is 2.00. The van der Waals surface area contributed by atoms with Crippen molar-refractivity contribution in [2.45, 2.75) is 13.5 Å². The number of aliphatic hydroxyl groups excluding tert-OH is 1. The zero-order chi connectivity index (χ0) is 12.0. The molecule has 0 fully saturated rings. The van der Waals surface area contributed by atoms with Gasteiger partial charge in [0.1, 0.15) is 12.4 Å². The normalized spacial score (nSPS) is 10.5. The number of aliphatic hydroxyl groups is 1. The fourth-order valence-electron chi connectivity index (χ4n) is 1.21. The molecule has 0 aromatic heterocycles. The van der Waals surface area contributed by atoms with Crippen LogP contribution in [0.3, 0.4) is 0 Å². The van der Waals surface area contributed by atoms with Gasteiger partial charge >= 0.3 is 0 Å². The molecular formula is C11H14F2O3. The van der Waals surface area contributed by atoms with Crippen LogP contribution in [-0.2, 0) is 11.3 Å².